The van der Waals surface area contributed by atoms with Gasteiger partial charge in [0.15, 0.2) is 0 Å². The van der Waals surface area contributed by atoms with Gasteiger partial charge in [-0.1, -0.05) is 88.7 Å². The second-order valence-electron chi connectivity index (χ2n) is 11.9. The molecule has 3 N–H and O–H groups in total. The summed E-state index contributed by atoms with van der Waals surface area (Å²) >= 11 is 3.51. The molecule has 0 amide bonds. The van der Waals surface area contributed by atoms with Gasteiger partial charge >= 0.3 is 0 Å². The summed E-state index contributed by atoms with van der Waals surface area (Å²) in [5.74, 6) is 0. The molecule has 0 atom stereocenters. The van der Waals surface area contributed by atoms with Crippen molar-refractivity contribution in [3.05, 3.63) is 177 Å². The van der Waals surface area contributed by atoms with E-state index in [1.165, 1.54) is 5.56 Å². The predicted molar refractivity (Wildman–Crippen MR) is 201 cm³/mol. The average molecular weight is 726 g/mol. The molecule has 0 aliphatic carbocycles. The van der Waals surface area contributed by atoms with Crippen LogP contribution in [0.5, 0.6) is 0 Å². The number of aromatic nitrogens is 6. The zero-order valence-corrected chi connectivity index (χ0v) is 28.5. The second kappa shape index (κ2) is 14.7. The van der Waals surface area contributed by atoms with Crippen molar-refractivity contribution in [1.82, 2.24) is 29.5 Å². The molecule has 9 nitrogen and oxygen atoms in total. The molecule has 0 aliphatic heterocycles. The first-order valence-corrected chi connectivity index (χ1v) is 17.2. The van der Waals surface area contributed by atoms with E-state index in [-0.39, 0.29) is 17.7 Å². The van der Waals surface area contributed by atoms with E-state index in [9.17, 15) is 14.7 Å². The van der Waals surface area contributed by atoms with Crippen molar-refractivity contribution in [1.29, 1.82) is 0 Å². The molecule has 0 saturated carbocycles. The van der Waals surface area contributed by atoms with Gasteiger partial charge in [0.1, 0.15) is 0 Å². The number of halogens is 1. The maximum Gasteiger partial charge on any atom is 0.250 e. The highest BCUT2D eigenvalue weighted by molar-refractivity contribution is 9.08. The highest BCUT2D eigenvalue weighted by Crippen LogP contribution is 2.24. The zero-order chi connectivity index (χ0) is 34.5. The third-order valence-electron chi connectivity index (χ3n) is 8.75. The molecular formula is C40H33BrN6O3. The number of fused-ring (bicyclic) bond motifs is 2. The van der Waals surface area contributed by atoms with Crippen molar-refractivity contribution in [2.24, 2.45) is 0 Å². The Kier molecular flexibility index (Phi) is 9.63. The molecule has 50 heavy (non-hydrogen) atoms. The maximum absolute atomic E-state index is 12.3. The van der Waals surface area contributed by atoms with E-state index in [2.05, 4.69) is 60.6 Å². The van der Waals surface area contributed by atoms with Crippen LogP contribution in [0.3, 0.4) is 0 Å². The molecule has 0 radical (unpaired) electrons. The molecule has 0 bridgehead atoms. The van der Waals surface area contributed by atoms with E-state index < -0.39 is 0 Å². The van der Waals surface area contributed by atoms with Gasteiger partial charge in [0.25, 0.3) is 11.1 Å². The monoisotopic (exact) mass is 724 g/mol. The molecule has 8 rings (SSSR count). The van der Waals surface area contributed by atoms with E-state index in [0.717, 1.165) is 66.1 Å². The Balaban J connectivity index is 0.000000157. The summed E-state index contributed by atoms with van der Waals surface area (Å²) in [6, 6.07) is 34.8. The summed E-state index contributed by atoms with van der Waals surface area (Å²) in [6.07, 6.45) is 7.36. The predicted octanol–water partition coefficient (Wildman–Crippen LogP) is 7.27. The van der Waals surface area contributed by atoms with Crippen LogP contribution in [0.15, 0.2) is 144 Å². The van der Waals surface area contributed by atoms with Gasteiger partial charge in [0, 0.05) is 40.6 Å². The lowest BCUT2D eigenvalue weighted by Crippen LogP contribution is -2.19. The number of aromatic amines is 2. The van der Waals surface area contributed by atoms with Crippen molar-refractivity contribution in [2.45, 2.75) is 25.0 Å². The zero-order valence-electron chi connectivity index (χ0n) is 27.0. The Labute approximate surface area is 295 Å². The molecule has 0 aliphatic rings. The Hall–Kier alpha value is -5.84. The quantitative estimate of drug-likeness (QED) is 0.142. The van der Waals surface area contributed by atoms with Gasteiger partial charge in [-0.2, -0.15) is 10.2 Å². The topological polar surface area (TPSA) is 122 Å². The van der Waals surface area contributed by atoms with Gasteiger partial charge in [-0.25, -0.2) is 0 Å². The number of nitrogens with zero attached hydrogens (tertiary/aromatic N) is 4. The minimum absolute atomic E-state index is 0.00394. The number of alkyl halides is 1. The summed E-state index contributed by atoms with van der Waals surface area (Å²) < 4.78 is 3.43. The normalized spacial score (nSPS) is 11.1. The van der Waals surface area contributed by atoms with Crippen LogP contribution >= 0.6 is 15.9 Å². The van der Waals surface area contributed by atoms with Crippen LogP contribution in [0.1, 0.15) is 22.3 Å². The highest BCUT2D eigenvalue weighted by atomic mass is 79.9. The number of benzene rings is 4. The summed E-state index contributed by atoms with van der Waals surface area (Å²) in [5.41, 5.74) is 10.0. The van der Waals surface area contributed by atoms with Crippen molar-refractivity contribution in [3.63, 3.8) is 0 Å². The van der Waals surface area contributed by atoms with E-state index in [4.69, 9.17) is 0 Å². The molecular weight excluding hydrogens is 692 g/mol. The van der Waals surface area contributed by atoms with Crippen LogP contribution in [0, 0.1) is 0 Å². The number of H-pyrrole nitrogens is 2. The van der Waals surface area contributed by atoms with Crippen LogP contribution in [0.25, 0.3) is 44.1 Å². The largest absolute Gasteiger partial charge is 0.392 e. The number of aliphatic hydroxyl groups excluding tert-OH is 1. The lowest BCUT2D eigenvalue weighted by Gasteiger charge is -2.11. The van der Waals surface area contributed by atoms with Crippen LogP contribution in [0.2, 0.25) is 0 Å². The minimum atomic E-state index is -0.0703. The summed E-state index contributed by atoms with van der Waals surface area (Å²) in [5, 5.41) is 26.4. The third-order valence-corrected chi connectivity index (χ3v) is 9.35. The number of pyridine rings is 2. The van der Waals surface area contributed by atoms with E-state index in [0.29, 0.717) is 13.1 Å². The fraction of sp³-hybridized carbons (Fsp3) is 0.100. The number of nitrogens with one attached hydrogen (secondary N) is 2. The Morgan fingerprint density at radius 3 is 1.48 bits per heavy atom. The molecule has 4 aromatic heterocycles. The molecule has 0 unspecified atom stereocenters. The standard InChI is InChI=1S/C20H16BrN3O.C20H17N3O2/c21-10-15-3-1-2-4-17(15)12-24-13-18(7-8-20(24)25)14-5-6-16-11-22-23-19(16)9-14;24-13-18-4-2-1-3-16(18)11-23-12-17(7-8-20(23)25)14-5-6-15-10-21-22-19(15)9-14/h1-9,11,13H,10,12H2,(H,22,23);1-10,12,24H,11,13H2,(H,21,22). The summed E-state index contributed by atoms with van der Waals surface area (Å²) in [7, 11) is 0. The molecule has 0 saturated heterocycles. The van der Waals surface area contributed by atoms with Gasteiger partial charge in [-0.3, -0.25) is 19.8 Å². The number of rotatable bonds is 8. The van der Waals surface area contributed by atoms with Crippen LogP contribution in [0.4, 0.5) is 0 Å². The average Bonchev–Trinajstić information content (AvgIpc) is 3.83. The number of aliphatic hydroxyl groups is 1. The number of hydrogen-bond acceptors (Lipinski definition) is 5. The Morgan fingerprint density at radius 2 is 1.00 bits per heavy atom. The molecule has 10 heteroatoms. The first kappa shape index (κ1) is 32.7. The van der Waals surface area contributed by atoms with Gasteiger partial charge in [0.05, 0.1) is 43.1 Å². The molecule has 4 aromatic carbocycles. The maximum atomic E-state index is 12.3. The molecule has 4 heterocycles. The van der Waals surface area contributed by atoms with Crippen molar-refractivity contribution < 1.29 is 5.11 Å². The molecule has 0 fully saturated rings. The molecule has 248 valence electrons. The highest BCUT2D eigenvalue weighted by Gasteiger charge is 2.08. The van der Waals surface area contributed by atoms with Crippen molar-refractivity contribution in [2.75, 3.05) is 0 Å². The van der Waals surface area contributed by atoms with Gasteiger partial charge in [-0.05, 0) is 68.8 Å². The van der Waals surface area contributed by atoms with E-state index in [1.54, 1.807) is 33.7 Å². The fourth-order valence-electron chi connectivity index (χ4n) is 5.96. The van der Waals surface area contributed by atoms with Crippen LogP contribution < -0.4 is 11.1 Å². The molecule has 0 spiro atoms. The smallest absolute Gasteiger partial charge is 0.250 e. The lowest BCUT2D eigenvalue weighted by atomic mass is 10.1. The first-order chi connectivity index (χ1) is 24.5. The summed E-state index contributed by atoms with van der Waals surface area (Å²) in [6.45, 7) is 0.942. The fourth-order valence-corrected chi connectivity index (χ4v) is 6.51. The van der Waals surface area contributed by atoms with Crippen molar-refractivity contribution in [3.8, 4) is 22.3 Å². The Bertz CT molecular complexity index is 2370. The first-order valence-electron chi connectivity index (χ1n) is 16.1. The number of hydrogen-bond donors (Lipinski definition) is 3. The van der Waals surface area contributed by atoms with Gasteiger partial charge in [-0.15, -0.1) is 0 Å². The van der Waals surface area contributed by atoms with E-state index in [1.807, 2.05) is 85.2 Å². The third kappa shape index (κ3) is 7.12. The van der Waals surface area contributed by atoms with Crippen LogP contribution in [-0.4, -0.2) is 34.6 Å². The van der Waals surface area contributed by atoms with Crippen LogP contribution in [-0.2, 0) is 25.0 Å². The van der Waals surface area contributed by atoms with Crippen molar-refractivity contribution >= 4 is 37.7 Å². The van der Waals surface area contributed by atoms with Gasteiger partial charge < -0.3 is 14.2 Å². The SMILES string of the molecule is O=c1ccc(-c2ccc3cn[nH]c3c2)cn1Cc1ccccc1CBr.O=c1ccc(-c2ccc3cn[nH]c3c2)cn1Cc1ccccc1CO. The lowest BCUT2D eigenvalue weighted by molar-refractivity contribution is 0.280. The van der Waals surface area contributed by atoms with Gasteiger partial charge in [0.2, 0.25) is 0 Å². The minimum Gasteiger partial charge on any atom is -0.392 e. The Morgan fingerprint density at radius 1 is 0.560 bits per heavy atom. The summed E-state index contributed by atoms with van der Waals surface area (Å²) in [4.78, 5) is 24.6. The van der Waals surface area contributed by atoms with E-state index >= 15 is 0 Å². The second-order valence-corrected chi connectivity index (χ2v) is 12.5. The molecule has 8 aromatic rings.